The van der Waals surface area contributed by atoms with E-state index >= 15 is 0 Å². The van der Waals surface area contributed by atoms with Gasteiger partial charge in [0.25, 0.3) is 0 Å². The van der Waals surface area contributed by atoms with Crippen molar-refractivity contribution in [3.63, 3.8) is 0 Å². The second-order valence-corrected chi connectivity index (χ2v) is 8.05. The Balaban J connectivity index is 1.82. The van der Waals surface area contributed by atoms with Crippen LogP contribution in [0.1, 0.15) is 43.5 Å². The summed E-state index contributed by atoms with van der Waals surface area (Å²) in [6.07, 6.45) is 0.770. The quantitative estimate of drug-likeness (QED) is 0.710. The van der Waals surface area contributed by atoms with Gasteiger partial charge in [-0.1, -0.05) is 19.9 Å². The zero-order valence-corrected chi connectivity index (χ0v) is 17.8. The molecule has 1 aliphatic heterocycles. The van der Waals surface area contributed by atoms with Crippen molar-refractivity contribution < 1.29 is 23.0 Å². The number of nitrogens with one attached hydrogen (secondary N) is 2. The highest BCUT2D eigenvalue weighted by atomic mass is 19.1. The van der Waals surface area contributed by atoms with Crippen LogP contribution in [0.25, 0.3) is 0 Å². The minimum atomic E-state index is -0.840. The van der Waals surface area contributed by atoms with Crippen molar-refractivity contribution >= 4 is 11.6 Å². The molecule has 0 aliphatic carbocycles. The lowest BCUT2D eigenvalue weighted by molar-refractivity contribution is -0.118. The van der Waals surface area contributed by atoms with Crippen LogP contribution in [0.4, 0.5) is 14.5 Å². The minimum absolute atomic E-state index is 0.0630. The third-order valence-electron chi connectivity index (χ3n) is 5.23. The lowest BCUT2D eigenvalue weighted by Gasteiger charge is -2.27. The van der Waals surface area contributed by atoms with Crippen molar-refractivity contribution in [1.29, 1.82) is 0 Å². The molecule has 0 saturated heterocycles. The fourth-order valence-corrected chi connectivity index (χ4v) is 3.97. The van der Waals surface area contributed by atoms with Crippen molar-refractivity contribution in [2.45, 2.75) is 38.6 Å². The van der Waals surface area contributed by atoms with E-state index in [-0.39, 0.29) is 23.8 Å². The number of carbonyl (C=O) groups excluding carboxylic acids is 1. The van der Waals surface area contributed by atoms with Gasteiger partial charge in [0.15, 0.2) is 0 Å². The molecule has 1 aliphatic rings. The largest absolute Gasteiger partial charge is 0.494 e. The molecule has 0 saturated carbocycles. The fraction of sp³-hybridized carbons (Fsp3) is 0.435. The number of rotatable bonds is 7. The van der Waals surface area contributed by atoms with E-state index in [2.05, 4.69) is 10.6 Å². The summed E-state index contributed by atoms with van der Waals surface area (Å²) in [4.78, 5) is 12.9. The number of carbonyl (C=O) groups is 1. The van der Waals surface area contributed by atoms with Crippen LogP contribution in [0.15, 0.2) is 30.3 Å². The molecule has 162 valence electrons. The molecular weight excluding hydrogens is 390 g/mol. The summed E-state index contributed by atoms with van der Waals surface area (Å²) < 4.78 is 40.0. The van der Waals surface area contributed by atoms with Crippen LogP contribution in [0, 0.1) is 11.6 Å². The van der Waals surface area contributed by atoms with Gasteiger partial charge in [-0.3, -0.25) is 4.79 Å². The third-order valence-corrected chi connectivity index (χ3v) is 5.23. The first-order valence-electron chi connectivity index (χ1n) is 10.0. The van der Waals surface area contributed by atoms with Gasteiger partial charge in [0.1, 0.15) is 23.4 Å². The number of hydrogen-bond donors (Lipinski definition) is 2. The topological polar surface area (TPSA) is 59.6 Å². The summed E-state index contributed by atoms with van der Waals surface area (Å²) in [6.45, 7) is 6.67. The minimum Gasteiger partial charge on any atom is -0.494 e. The van der Waals surface area contributed by atoms with Crippen molar-refractivity contribution in [2.75, 3.05) is 32.2 Å². The van der Waals surface area contributed by atoms with E-state index in [1.807, 2.05) is 25.1 Å². The predicted octanol–water partition coefficient (Wildman–Crippen LogP) is 4.11. The molecule has 1 atom stereocenters. The van der Waals surface area contributed by atoms with Crippen LogP contribution in [-0.4, -0.2) is 32.8 Å². The molecule has 0 unspecified atom stereocenters. The molecule has 2 N–H and O–H groups in total. The molecule has 5 nitrogen and oxygen atoms in total. The van der Waals surface area contributed by atoms with E-state index in [1.54, 1.807) is 13.8 Å². The molecule has 1 amide bonds. The van der Waals surface area contributed by atoms with E-state index in [0.717, 1.165) is 35.4 Å². The number of anilines is 1. The second-order valence-electron chi connectivity index (χ2n) is 8.05. The molecule has 1 heterocycles. The standard InChI is InChI=1S/C23H28F2N2O3/c1-5-30-16-6-7-17-14(10-16)8-9-26-21(17)22(28)27-15-11-18(24)20(19(25)12-15)23(2,3)13-29-4/h6-7,10-12,21,26H,5,8-9,13H2,1-4H3,(H,27,28)/t21-/m1/s1. The van der Waals surface area contributed by atoms with Crippen LogP contribution in [-0.2, 0) is 21.4 Å². The summed E-state index contributed by atoms with van der Waals surface area (Å²) in [7, 11) is 1.48. The van der Waals surface area contributed by atoms with Gasteiger partial charge in [0.2, 0.25) is 5.91 Å². The molecule has 0 radical (unpaired) electrons. The van der Waals surface area contributed by atoms with Crippen LogP contribution in [0.3, 0.4) is 0 Å². The smallest absolute Gasteiger partial charge is 0.246 e. The Hall–Kier alpha value is -2.51. The fourth-order valence-electron chi connectivity index (χ4n) is 3.97. The second kappa shape index (κ2) is 9.10. The Morgan fingerprint density at radius 1 is 1.23 bits per heavy atom. The van der Waals surface area contributed by atoms with Crippen molar-refractivity contribution in [3.8, 4) is 5.75 Å². The number of ether oxygens (including phenoxy) is 2. The average molecular weight is 418 g/mol. The SMILES string of the molecule is CCOc1ccc2c(c1)CCN[C@H]2C(=O)Nc1cc(F)c(C(C)(C)COC)c(F)c1. The molecule has 2 aromatic carbocycles. The molecule has 0 aromatic heterocycles. The van der Waals surface area contributed by atoms with Crippen LogP contribution < -0.4 is 15.4 Å². The number of methoxy groups -OCH3 is 1. The summed E-state index contributed by atoms with van der Waals surface area (Å²) in [5, 5.41) is 5.81. The van der Waals surface area contributed by atoms with Crippen molar-refractivity contribution in [2.24, 2.45) is 0 Å². The van der Waals surface area contributed by atoms with E-state index in [9.17, 15) is 13.6 Å². The van der Waals surface area contributed by atoms with Gasteiger partial charge in [-0.05, 0) is 48.7 Å². The Kier molecular flexibility index (Phi) is 6.73. The molecule has 3 rings (SSSR count). The van der Waals surface area contributed by atoms with Crippen molar-refractivity contribution in [3.05, 3.63) is 58.7 Å². The maximum absolute atomic E-state index is 14.7. The number of hydrogen-bond acceptors (Lipinski definition) is 4. The van der Waals surface area contributed by atoms with Crippen LogP contribution >= 0.6 is 0 Å². The summed E-state index contributed by atoms with van der Waals surface area (Å²) in [6, 6.07) is 7.30. The van der Waals surface area contributed by atoms with E-state index in [0.29, 0.717) is 13.2 Å². The van der Waals surface area contributed by atoms with E-state index < -0.39 is 23.1 Å². The predicted molar refractivity (Wildman–Crippen MR) is 112 cm³/mol. The highest BCUT2D eigenvalue weighted by Crippen LogP contribution is 2.32. The zero-order chi connectivity index (χ0) is 21.9. The molecule has 0 fully saturated rings. The molecule has 0 bridgehead atoms. The van der Waals surface area contributed by atoms with Crippen LogP contribution in [0.2, 0.25) is 0 Å². The zero-order valence-electron chi connectivity index (χ0n) is 17.8. The van der Waals surface area contributed by atoms with Gasteiger partial charge in [-0.25, -0.2) is 8.78 Å². The first kappa shape index (κ1) is 22.2. The number of halogens is 2. The maximum Gasteiger partial charge on any atom is 0.246 e. The first-order chi connectivity index (χ1) is 14.3. The van der Waals surface area contributed by atoms with Crippen molar-refractivity contribution in [1.82, 2.24) is 5.32 Å². The van der Waals surface area contributed by atoms with Gasteiger partial charge >= 0.3 is 0 Å². The third kappa shape index (κ3) is 4.63. The van der Waals surface area contributed by atoms with Gasteiger partial charge in [-0.2, -0.15) is 0 Å². The summed E-state index contributed by atoms with van der Waals surface area (Å²) in [5.74, 6) is -1.05. The number of amides is 1. The maximum atomic E-state index is 14.7. The summed E-state index contributed by atoms with van der Waals surface area (Å²) in [5.41, 5.74) is 1.03. The lowest BCUT2D eigenvalue weighted by atomic mass is 9.84. The van der Waals surface area contributed by atoms with E-state index in [1.165, 1.54) is 7.11 Å². The Morgan fingerprint density at radius 2 is 1.93 bits per heavy atom. The average Bonchev–Trinajstić information content (AvgIpc) is 2.66. The normalized spacial score (nSPS) is 16.1. The molecular formula is C23H28F2N2O3. The lowest BCUT2D eigenvalue weighted by Crippen LogP contribution is -2.38. The van der Waals surface area contributed by atoms with Crippen LogP contribution in [0.5, 0.6) is 5.75 Å². The Labute approximate surface area is 175 Å². The first-order valence-corrected chi connectivity index (χ1v) is 10.0. The highest BCUT2D eigenvalue weighted by Gasteiger charge is 2.30. The molecule has 30 heavy (non-hydrogen) atoms. The number of fused-ring (bicyclic) bond motifs is 1. The highest BCUT2D eigenvalue weighted by molar-refractivity contribution is 5.96. The molecule has 2 aromatic rings. The van der Waals surface area contributed by atoms with Gasteiger partial charge in [0.05, 0.1) is 13.2 Å². The molecule has 7 heteroatoms. The monoisotopic (exact) mass is 418 g/mol. The molecule has 0 spiro atoms. The van der Waals surface area contributed by atoms with E-state index in [4.69, 9.17) is 9.47 Å². The Morgan fingerprint density at radius 3 is 2.57 bits per heavy atom. The van der Waals surface area contributed by atoms with Gasteiger partial charge in [-0.15, -0.1) is 0 Å². The van der Waals surface area contributed by atoms with Gasteiger partial charge < -0.3 is 20.1 Å². The summed E-state index contributed by atoms with van der Waals surface area (Å²) >= 11 is 0. The Bertz CT molecular complexity index is 908. The van der Waals surface area contributed by atoms with Gasteiger partial charge in [0, 0.05) is 30.3 Å². The number of benzene rings is 2.